The molecule has 0 spiro atoms. The Kier molecular flexibility index (Phi) is 6.37. The van der Waals surface area contributed by atoms with Crippen LogP contribution in [0.2, 0.25) is 0 Å². The van der Waals surface area contributed by atoms with Crippen LogP contribution < -0.4 is 5.32 Å². The lowest BCUT2D eigenvalue weighted by molar-refractivity contribution is 0.0513. The molecule has 0 aliphatic carbocycles. The molecule has 0 bridgehead atoms. The summed E-state index contributed by atoms with van der Waals surface area (Å²) in [5, 5.41) is 2.56. The zero-order valence-electron chi connectivity index (χ0n) is 14.9. The Hall–Kier alpha value is -2.41. The van der Waals surface area contributed by atoms with Crippen molar-refractivity contribution in [1.29, 1.82) is 0 Å². The summed E-state index contributed by atoms with van der Waals surface area (Å²) in [6, 6.07) is 4.36. The maximum atomic E-state index is 14.0. The quantitative estimate of drug-likeness (QED) is 0.545. The van der Waals surface area contributed by atoms with Gasteiger partial charge in [-0.3, -0.25) is 4.79 Å². The van der Waals surface area contributed by atoms with Crippen LogP contribution in [0, 0.1) is 19.7 Å². The van der Waals surface area contributed by atoms with E-state index >= 15 is 0 Å². The fraction of sp³-hybridized carbons (Fsp3) is 0.263. The van der Waals surface area contributed by atoms with Crippen LogP contribution in [0.1, 0.15) is 39.0 Å². The van der Waals surface area contributed by atoms with Gasteiger partial charge in [0.2, 0.25) is 0 Å². The molecule has 2 rings (SSSR count). The highest BCUT2D eigenvalue weighted by atomic mass is 79.9. The number of amides is 1. The fourth-order valence-electron chi connectivity index (χ4n) is 2.83. The number of allylic oxidation sites excluding steroid dienone is 1. The van der Waals surface area contributed by atoms with Crippen LogP contribution in [0.3, 0.4) is 0 Å². The number of hydrogen-bond acceptors (Lipinski definition) is 3. The van der Waals surface area contributed by atoms with Gasteiger partial charge in [0.1, 0.15) is 11.5 Å². The Bertz CT molecular complexity index is 874. The third-order valence-electron chi connectivity index (χ3n) is 3.95. The van der Waals surface area contributed by atoms with E-state index in [4.69, 9.17) is 4.74 Å². The Morgan fingerprint density at radius 3 is 2.65 bits per heavy atom. The number of carbonyl (C=O) groups excluding carboxylic acids is 2. The van der Waals surface area contributed by atoms with Crippen LogP contribution in [-0.4, -0.2) is 23.1 Å². The van der Waals surface area contributed by atoms with Gasteiger partial charge in [0.15, 0.2) is 0 Å². The highest BCUT2D eigenvalue weighted by Gasteiger charge is 2.27. The second kappa shape index (κ2) is 8.31. The van der Waals surface area contributed by atoms with Gasteiger partial charge < -0.3 is 14.6 Å². The van der Waals surface area contributed by atoms with Crippen molar-refractivity contribution < 1.29 is 18.7 Å². The number of hydrogen-bond donors (Lipinski definition) is 1. The summed E-state index contributed by atoms with van der Waals surface area (Å²) in [4.78, 5) is 25.1. The Labute approximate surface area is 160 Å². The molecular weight excluding hydrogens is 403 g/mol. The number of nitrogens with one attached hydrogen (secondary N) is 1. The molecule has 7 heteroatoms. The molecule has 1 heterocycles. The lowest BCUT2D eigenvalue weighted by atomic mass is 10.1. The zero-order chi connectivity index (χ0) is 19.4. The van der Waals surface area contributed by atoms with Crippen molar-refractivity contribution in [2.24, 2.45) is 0 Å². The number of aromatic nitrogens is 1. The molecule has 138 valence electrons. The van der Waals surface area contributed by atoms with Crippen molar-refractivity contribution in [2.45, 2.75) is 27.3 Å². The van der Waals surface area contributed by atoms with Gasteiger partial charge in [0, 0.05) is 16.7 Å². The summed E-state index contributed by atoms with van der Waals surface area (Å²) in [6.45, 7) is 9.37. The molecule has 1 N–H and O–H groups in total. The second-order valence-electron chi connectivity index (χ2n) is 5.63. The van der Waals surface area contributed by atoms with Crippen LogP contribution in [0.15, 0.2) is 35.3 Å². The highest BCUT2D eigenvalue weighted by molar-refractivity contribution is 9.10. The monoisotopic (exact) mass is 422 g/mol. The number of esters is 1. The Morgan fingerprint density at radius 2 is 2.08 bits per heavy atom. The van der Waals surface area contributed by atoms with Crippen molar-refractivity contribution in [2.75, 3.05) is 11.9 Å². The van der Waals surface area contributed by atoms with Crippen molar-refractivity contribution in [1.82, 2.24) is 4.57 Å². The van der Waals surface area contributed by atoms with Crippen molar-refractivity contribution in [3.63, 3.8) is 0 Å². The number of benzene rings is 1. The van der Waals surface area contributed by atoms with Gasteiger partial charge in [0.05, 0.1) is 17.9 Å². The van der Waals surface area contributed by atoms with E-state index in [1.165, 1.54) is 12.1 Å². The van der Waals surface area contributed by atoms with Gasteiger partial charge in [-0.1, -0.05) is 22.0 Å². The largest absolute Gasteiger partial charge is 0.461 e. The molecular formula is C19H20BrFN2O3. The normalized spacial score (nSPS) is 10.5. The molecule has 0 aliphatic rings. The molecule has 0 aliphatic heterocycles. The third kappa shape index (κ3) is 3.88. The maximum absolute atomic E-state index is 14.0. The summed E-state index contributed by atoms with van der Waals surface area (Å²) in [7, 11) is 0. The van der Waals surface area contributed by atoms with E-state index in [0.717, 1.165) is 0 Å². The topological polar surface area (TPSA) is 60.3 Å². The van der Waals surface area contributed by atoms with E-state index in [-0.39, 0.29) is 12.3 Å². The minimum absolute atomic E-state index is 0.0613. The third-order valence-corrected chi connectivity index (χ3v) is 4.45. The lowest BCUT2D eigenvalue weighted by Crippen LogP contribution is -2.15. The number of ether oxygens (including phenoxy) is 1. The van der Waals surface area contributed by atoms with E-state index in [1.807, 2.05) is 0 Å². The predicted octanol–water partition coefficient (Wildman–Crippen LogP) is 4.62. The van der Waals surface area contributed by atoms with Crippen molar-refractivity contribution in [3.8, 4) is 0 Å². The molecule has 0 atom stereocenters. The Balaban J connectivity index is 2.48. The smallest absolute Gasteiger partial charge is 0.355 e. The van der Waals surface area contributed by atoms with Crippen LogP contribution >= 0.6 is 15.9 Å². The minimum Gasteiger partial charge on any atom is -0.461 e. The standard InChI is InChI=1S/C19H20BrFN2O3/c1-5-9-23-12(4)16(11(3)17(23)19(25)26-6-2)18(24)22-15-8-7-13(20)10-14(15)21/h5,7-8,10H,1,6,9H2,2-4H3,(H,22,24). The number of halogens is 2. The number of nitrogens with zero attached hydrogens (tertiary/aromatic N) is 1. The van der Waals surface area contributed by atoms with Gasteiger partial charge in [-0.2, -0.15) is 0 Å². The van der Waals surface area contributed by atoms with Gasteiger partial charge in [0.25, 0.3) is 5.91 Å². The SMILES string of the molecule is C=CCn1c(C)c(C(=O)Nc2ccc(Br)cc2F)c(C)c1C(=O)OCC. The second-order valence-corrected chi connectivity index (χ2v) is 6.55. The number of carbonyl (C=O) groups is 2. The lowest BCUT2D eigenvalue weighted by Gasteiger charge is -2.09. The first-order valence-corrected chi connectivity index (χ1v) is 8.85. The molecule has 0 unspecified atom stereocenters. The molecule has 2 aromatic rings. The zero-order valence-corrected chi connectivity index (χ0v) is 16.4. The first-order valence-electron chi connectivity index (χ1n) is 8.05. The molecule has 1 aromatic heterocycles. The van der Waals surface area contributed by atoms with Crippen LogP contribution in [0.25, 0.3) is 0 Å². The van der Waals surface area contributed by atoms with Crippen LogP contribution in [0.4, 0.5) is 10.1 Å². The predicted molar refractivity (Wildman–Crippen MR) is 102 cm³/mol. The molecule has 26 heavy (non-hydrogen) atoms. The average Bonchev–Trinajstić information content (AvgIpc) is 2.81. The van der Waals surface area contributed by atoms with Crippen molar-refractivity contribution >= 4 is 33.5 Å². The first kappa shape index (κ1) is 19.9. The highest BCUT2D eigenvalue weighted by Crippen LogP contribution is 2.26. The maximum Gasteiger partial charge on any atom is 0.355 e. The van der Waals surface area contributed by atoms with E-state index in [9.17, 15) is 14.0 Å². The van der Waals surface area contributed by atoms with Gasteiger partial charge in [-0.15, -0.1) is 6.58 Å². The molecule has 0 saturated carbocycles. The van der Waals surface area contributed by atoms with Gasteiger partial charge >= 0.3 is 5.97 Å². The molecule has 5 nitrogen and oxygen atoms in total. The number of anilines is 1. The summed E-state index contributed by atoms with van der Waals surface area (Å²) in [6.07, 6.45) is 1.63. The van der Waals surface area contributed by atoms with Crippen LogP contribution in [0.5, 0.6) is 0 Å². The first-order chi connectivity index (χ1) is 12.3. The van der Waals surface area contributed by atoms with Gasteiger partial charge in [-0.25, -0.2) is 9.18 Å². The molecule has 0 saturated heterocycles. The van der Waals surface area contributed by atoms with E-state index in [2.05, 4.69) is 27.8 Å². The fourth-order valence-corrected chi connectivity index (χ4v) is 3.16. The summed E-state index contributed by atoms with van der Waals surface area (Å²) in [5.74, 6) is -1.56. The molecule has 0 fully saturated rings. The van der Waals surface area contributed by atoms with Crippen molar-refractivity contribution in [3.05, 3.63) is 63.7 Å². The number of rotatable bonds is 6. The Morgan fingerprint density at radius 1 is 1.38 bits per heavy atom. The summed E-state index contributed by atoms with van der Waals surface area (Å²) in [5.41, 5.74) is 1.74. The minimum atomic E-state index is -0.556. The van der Waals surface area contributed by atoms with E-state index < -0.39 is 17.7 Å². The van der Waals surface area contributed by atoms with Gasteiger partial charge in [-0.05, 0) is 44.5 Å². The summed E-state index contributed by atoms with van der Waals surface area (Å²) < 4.78 is 21.4. The molecule has 0 radical (unpaired) electrons. The molecule has 1 aromatic carbocycles. The van der Waals surface area contributed by atoms with E-state index in [0.29, 0.717) is 33.5 Å². The molecule has 1 amide bonds. The summed E-state index contributed by atoms with van der Waals surface area (Å²) >= 11 is 3.17. The average molecular weight is 423 g/mol. The van der Waals surface area contributed by atoms with Crippen LogP contribution in [-0.2, 0) is 11.3 Å². The van der Waals surface area contributed by atoms with E-state index in [1.54, 1.807) is 37.5 Å².